The summed E-state index contributed by atoms with van der Waals surface area (Å²) in [6, 6.07) is 9.07. The average Bonchev–Trinajstić information content (AvgIpc) is 2.41. The van der Waals surface area contributed by atoms with Crippen LogP contribution < -0.4 is 10.5 Å². The van der Waals surface area contributed by atoms with Crippen molar-refractivity contribution in [2.75, 3.05) is 25.6 Å². The zero-order valence-corrected chi connectivity index (χ0v) is 14.1. The number of hydrogen-bond acceptors (Lipinski definition) is 4. The lowest BCUT2D eigenvalue weighted by Crippen LogP contribution is -2.38. The summed E-state index contributed by atoms with van der Waals surface area (Å²) in [4.78, 5) is 2.36. The summed E-state index contributed by atoms with van der Waals surface area (Å²) in [5.41, 5.74) is 7.23. The minimum absolute atomic E-state index is 0.204. The highest BCUT2D eigenvalue weighted by molar-refractivity contribution is 7.98. The molecule has 0 saturated carbocycles. The second-order valence-electron chi connectivity index (χ2n) is 5.46. The first-order valence-corrected chi connectivity index (χ1v) is 8.56. The van der Waals surface area contributed by atoms with Gasteiger partial charge in [-0.3, -0.25) is 4.90 Å². The molecule has 0 amide bonds. The molecular formula is C16H28N2OS. The van der Waals surface area contributed by atoms with Crippen LogP contribution in [0.25, 0.3) is 0 Å². The Morgan fingerprint density at radius 2 is 1.80 bits per heavy atom. The molecule has 0 bridgehead atoms. The quantitative estimate of drug-likeness (QED) is 0.800. The van der Waals surface area contributed by atoms with Gasteiger partial charge in [0, 0.05) is 24.4 Å². The second-order valence-corrected chi connectivity index (χ2v) is 6.37. The van der Waals surface area contributed by atoms with Gasteiger partial charge in [0.2, 0.25) is 0 Å². The Balaban J connectivity index is 2.79. The number of rotatable bonds is 8. The third-order valence-electron chi connectivity index (χ3n) is 3.45. The maximum Gasteiger partial charge on any atom is 0.119 e. The van der Waals surface area contributed by atoms with Crippen LogP contribution in [0.15, 0.2) is 24.3 Å². The van der Waals surface area contributed by atoms with E-state index in [9.17, 15) is 0 Å². The van der Waals surface area contributed by atoms with E-state index in [1.165, 1.54) is 5.56 Å². The van der Waals surface area contributed by atoms with Crippen molar-refractivity contribution in [3.8, 4) is 5.75 Å². The molecule has 0 aromatic heterocycles. The average molecular weight is 296 g/mol. The topological polar surface area (TPSA) is 38.5 Å². The SMILES string of the molecule is CSCC(C)N(C)C(CN)c1ccc(OC(C)C)cc1. The summed E-state index contributed by atoms with van der Waals surface area (Å²) in [5.74, 6) is 2.03. The predicted octanol–water partition coefficient (Wildman–Crippen LogP) is 3.16. The summed E-state index contributed by atoms with van der Waals surface area (Å²) >= 11 is 1.87. The van der Waals surface area contributed by atoms with Gasteiger partial charge in [0.25, 0.3) is 0 Å². The molecule has 1 aromatic carbocycles. The first kappa shape index (κ1) is 17.3. The number of nitrogens with two attached hydrogens (primary N) is 1. The number of thioether (sulfide) groups is 1. The van der Waals surface area contributed by atoms with Crippen molar-refractivity contribution in [3.63, 3.8) is 0 Å². The van der Waals surface area contributed by atoms with E-state index in [4.69, 9.17) is 10.5 Å². The molecule has 0 spiro atoms. The molecule has 0 aliphatic carbocycles. The van der Waals surface area contributed by atoms with Crippen LogP contribution in [0.3, 0.4) is 0 Å². The van der Waals surface area contributed by atoms with Gasteiger partial charge in [0.1, 0.15) is 5.75 Å². The van der Waals surface area contributed by atoms with Crippen LogP contribution in [-0.2, 0) is 0 Å². The third-order valence-corrected chi connectivity index (χ3v) is 4.27. The van der Waals surface area contributed by atoms with Gasteiger partial charge >= 0.3 is 0 Å². The Morgan fingerprint density at radius 3 is 2.25 bits per heavy atom. The molecule has 1 rings (SSSR count). The van der Waals surface area contributed by atoms with Gasteiger partial charge in [-0.1, -0.05) is 12.1 Å². The Hall–Kier alpha value is -0.710. The molecule has 0 fully saturated rings. The molecule has 114 valence electrons. The van der Waals surface area contributed by atoms with Crippen LogP contribution in [0, 0.1) is 0 Å². The first-order chi connectivity index (χ1) is 9.49. The van der Waals surface area contributed by atoms with Crippen LogP contribution in [0.2, 0.25) is 0 Å². The molecule has 0 heterocycles. The van der Waals surface area contributed by atoms with E-state index < -0.39 is 0 Å². The van der Waals surface area contributed by atoms with E-state index >= 15 is 0 Å². The highest BCUT2D eigenvalue weighted by Crippen LogP contribution is 2.24. The van der Waals surface area contributed by atoms with E-state index in [1.54, 1.807) is 0 Å². The Bertz CT molecular complexity index is 381. The van der Waals surface area contributed by atoms with Crippen LogP contribution in [0.5, 0.6) is 5.75 Å². The first-order valence-electron chi connectivity index (χ1n) is 7.17. The van der Waals surface area contributed by atoms with E-state index in [1.807, 2.05) is 37.7 Å². The lowest BCUT2D eigenvalue weighted by molar-refractivity contribution is 0.204. The van der Waals surface area contributed by atoms with Crippen molar-refractivity contribution in [2.45, 2.75) is 39.0 Å². The second kappa shape index (κ2) is 8.55. The normalized spacial score (nSPS) is 14.6. The van der Waals surface area contributed by atoms with Crippen molar-refractivity contribution in [2.24, 2.45) is 5.73 Å². The molecule has 2 unspecified atom stereocenters. The molecule has 0 radical (unpaired) electrons. The van der Waals surface area contributed by atoms with Crippen molar-refractivity contribution in [1.82, 2.24) is 4.90 Å². The van der Waals surface area contributed by atoms with Gasteiger partial charge in [-0.2, -0.15) is 11.8 Å². The van der Waals surface area contributed by atoms with Crippen molar-refractivity contribution in [1.29, 1.82) is 0 Å². The smallest absolute Gasteiger partial charge is 0.119 e. The molecule has 2 atom stereocenters. The van der Waals surface area contributed by atoms with Gasteiger partial charge in [-0.25, -0.2) is 0 Å². The minimum atomic E-state index is 0.204. The lowest BCUT2D eigenvalue weighted by atomic mass is 10.0. The van der Waals surface area contributed by atoms with Gasteiger partial charge in [0.05, 0.1) is 6.10 Å². The zero-order valence-electron chi connectivity index (χ0n) is 13.3. The van der Waals surface area contributed by atoms with E-state index in [-0.39, 0.29) is 12.1 Å². The maximum atomic E-state index is 5.98. The molecule has 0 aliphatic rings. The van der Waals surface area contributed by atoms with Crippen molar-refractivity contribution < 1.29 is 4.74 Å². The number of ether oxygens (including phenoxy) is 1. The van der Waals surface area contributed by atoms with Crippen LogP contribution in [0.4, 0.5) is 0 Å². The molecular weight excluding hydrogens is 268 g/mol. The molecule has 20 heavy (non-hydrogen) atoms. The van der Waals surface area contributed by atoms with Crippen LogP contribution in [0.1, 0.15) is 32.4 Å². The fourth-order valence-corrected chi connectivity index (χ4v) is 2.96. The van der Waals surface area contributed by atoms with Crippen molar-refractivity contribution in [3.05, 3.63) is 29.8 Å². The Labute approximate surface area is 127 Å². The largest absolute Gasteiger partial charge is 0.491 e. The minimum Gasteiger partial charge on any atom is -0.491 e. The van der Waals surface area contributed by atoms with Crippen molar-refractivity contribution >= 4 is 11.8 Å². The fourth-order valence-electron chi connectivity index (χ4n) is 2.24. The zero-order chi connectivity index (χ0) is 15.1. The third kappa shape index (κ3) is 5.00. The van der Waals surface area contributed by atoms with E-state index in [0.717, 1.165) is 11.5 Å². The van der Waals surface area contributed by atoms with E-state index in [2.05, 4.69) is 37.3 Å². The predicted molar refractivity (Wildman–Crippen MR) is 89.6 cm³/mol. The highest BCUT2D eigenvalue weighted by atomic mass is 32.2. The molecule has 0 saturated heterocycles. The van der Waals surface area contributed by atoms with Gasteiger partial charge in [0.15, 0.2) is 0 Å². The Morgan fingerprint density at radius 1 is 1.20 bits per heavy atom. The number of benzene rings is 1. The van der Waals surface area contributed by atoms with Crippen LogP contribution in [-0.4, -0.2) is 42.6 Å². The maximum absolute atomic E-state index is 5.98. The molecule has 2 N–H and O–H groups in total. The number of likely N-dealkylation sites (N-methyl/N-ethyl adjacent to an activating group) is 1. The monoisotopic (exact) mass is 296 g/mol. The fraction of sp³-hybridized carbons (Fsp3) is 0.625. The number of nitrogens with zero attached hydrogens (tertiary/aromatic N) is 1. The lowest BCUT2D eigenvalue weighted by Gasteiger charge is -2.32. The molecule has 4 heteroatoms. The molecule has 0 aliphatic heterocycles. The summed E-state index contributed by atoms with van der Waals surface area (Å²) in [5, 5.41) is 0. The summed E-state index contributed by atoms with van der Waals surface area (Å²) < 4.78 is 5.68. The number of hydrogen-bond donors (Lipinski definition) is 1. The molecule has 3 nitrogen and oxygen atoms in total. The molecule has 1 aromatic rings. The van der Waals surface area contributed by atoms with Gasteiger partial charge < -0.3 is 10.5 Å². The van der Waals surface area contributed by atoms with E-state index in [0.29, 0.717) is 12.6 Å². The van der Waals surface area contributed by atoms with Crippen LogP contribution >= 0.6 is 11.8 Å². The highest BCUT2D eigenvalue weighted by Gasteiger charge is 2.20. The van der Waals surface area contributed by atoms with Gasteiger partial charge in [-0.15, -0.1) is 0 Å². The summed E-state index contributed by atoms with van der Waals surface area (Å²) in [7, 11) is 2.15. The standard InChI is InChI=1S/C16H28N2OS/c1-12(2)19-15-8-6-14(7-9-15)16(10-17)18(4)13(3)11-20-5/h6-9,12-13,16H,10-11,17H2,1-5H3. The van der Waals surface area contributed by atoms with Gasteiger partial charge in [-0.05, 0) is 51.8 Å². The summed E-state index contributed by atoms with van der Waals surface area (Å²) in [6.07, 6.45) is 2.34. The summed E-state index contributed by atoms with van der Waals surface area (Å²) in [6.45, 7) is 6.94. The Kier molecular flexibility index (Phi) is 7.41.